The molecule has 0 aliphatic carbocycles. The highest BCUT2D eigenvalue weighted by atomic mass is 35.5. The molecule has 94 valence electrons. The zero-order chi connectivity index (χ0) is 13.3. The summed E-state index contributed by atoms with van der Waals surface area (Å²) in [6.45, 7) is 1.89. The molecule has 1 unspecified atom stereocenters. The van der Waals surface area contributed by atoms with Crippen molar-refractivity contribution in [2.24, 2.45) is 0 Å². The standard InChI is InChI=1S/C14H10Cl2F2/c1-8-4-10(6-11(15)5-8)14(16)9-2-3-12(17)13(18)7-9/h2-7,14H,1H3. The largest absolute Gasteiger partial charge is 0.204 e. The fourth-order valence-electron chi connectivity index (χ4n) is 1.77. The highest BCUT2D eigenvalue weighted by Gasteiger charge is 2.14. The predicted octanol–water partition coefficient (Wildman–Crippen LogP) is 5.25. The van der Waals surface area contributed by atoms with Gasteiger partial charge < -0.3 is 0 Å². The lowest BCUT2D eigenvalue weighted by Gasteiger charge is -2.12. The summed E-state index contributed by atoms with van der Waals surface area (Å²) in [7, 11) is 0. The number of aryl methyl sites for hydroxylation is 1. The molecule has 0 heterocycles. The molecule has 2 aromatic carbocycles. The van der Waals surface area contributed by atoms with Crippen LogP contribution in [-0.2, 0) is 0 Å². The van der Waals surface area contributed by atoms with Crippen LogP contribution in [0.2, 0.25) is 5.02 Å². The van der Waals surface area contributed by atoms with Gasteiger partial charge in [0, 0.05) is 5.02 Å². The van der Waals surface area contributed by atoms with E-state index >= 15 is 0 Å². The maximum atomic E-state index is 13.2. The van der Waals surface area contributed by atoms with E-state index in [1.54, 1.807) is 12.1 Å². The van der Waals surface area contributed by atoms with Gasteiger partial charge in [0.1, 0.15) is 0 Å². The van der Waals surface area contributed by atoms with Gasteiger partial charge in [0.25, 0.3) is 0 Å². The molecule has 0 radical (unpaired) electrons. The van der Waals surface area contributed by atoms with E-state index in [4.69, 9.17) is 23.2 Å². The Morgan fingerprint density at radius 1 is 0.944 bits per heavy atom. The Bertz CT molecular complexity index is 562. The first-order valence-electron chi connectivity index (χ1n) is 5.33. The summed E-state index contributed by atoms with van der Waals surface area (Å²) >= 11 is 12.2. The van der Waals surface area contributed by atoms with Crippen LogP contribution in [0, 0.1) is 18.6 Å². The van der Waals surface area contributed by atoms with Crippen molar-refractivity contribution in [3.63, 3.8) is 0 Å². The molecule has 0 nitrogen and oxygen atoms in total. The number of alkyl halides is 1. The lowest BCUT2D eigenvalue weighted by molar-refractivity contribution is 0.507. The Hall–Kier alpha value is -1.12. The number of rotatable bonds is 2. The maximum absolute atomic E-state index is 13.2. The molecular formula is C14H10Cl2F2. The van der Waals surface area contributed by atoms with Gasteiger partial charge in [-0.3, -0.25) is 0 Å². The Balaban J connectivity index is 2.40. The molecule has 0 spiro atoms. The summed E-state index contributed by atoms with van der Waals surface area (Å²) in [4.78, 5) is 0. The van der Waals surface area contributed by atoms with Gasteiger partial charge in [0.15, 0.2) is 11.6 Å². The Morgan fingerprint density at radius 2 is 1.67 bits per heavy atom. The van der Waals surface area contributed by atoms with E-state index in [-0.39, 0.29) is 0 Å². The van der Waals surface area contributed by atoms with Crippen LogP contribution in [0.4, 0.5) is 8.78 Å². The van der Waals surface area contributed by atoms with Gasteiger partial charge in [-0.15, -0.1) is 11.6 Å². The van der Waals surface area contributed by atoms with E-state index in [0.29, 0.717) is 10.6 Å². The molecule has 0 saturated carbocycles. The molecule has 0 saturated heterocycles. The quantitative estimate of drug-likeness (QED) is 0.661. The van der Waals surface area contributed by atoms with Gasteiger partial charge in [0.05, 0.1) is 5.38 Å². The number of benzene rings is 2. The van der Waals surface area contributed by atoms with Gasteiger partial charge in [-0.2, -0.15) is 0 Å². The van der Waals surface area contributed by atoms with Gasteiger partial charge in [-0.05, 0) is 47.9 Å². The van der Waals surface area contributed by atoms with Crippen molar-refractivity contribution in [1.82, 2.24) is 0 Å². The highest BCUT2D eigenvalue weighted by Crippen LogP contribution is 2.31. The van der Waals surface area contributed by atoms with Crippen LogP contribution < -0.4 is 0 Å². The summed E-state index contributed by atoms with van der Waals surface area (Å²) in [5.41, 5.74) is 2.22. The molecule has 1 atom stereocenters. The van der Waals surface area contributed by atoms with Crippen molar-refractivity contribution in [1.29, 1.82) is 0 Å². The van der Waals surface area contributed by atoms with E-state index in [1.165, 1.54) is 6.07 Å². The van der Waals surface area contributed by atoms with E-state index in [9.17, 15) is 8.78 Å². The predicted molar refractivity (Wildman–Crippen MR) is 70.2 cm³/mol. The topological polar surface area (TPSA) is 0 Å². The Labute approximate surface area is 114 Å². The van der Waals surface area contributed by atoms with Crippen LogP contribution >= 0.6 is 23.2 Å². The Morgan fingerprint density at radius 3 is 2.28 bits per heavy atom. The lowest BCUT2D eigenvalue weighted by Crippen LogP contribution is -1.96. The number of hydrogen-bond acceptors (Lipinski definition) is 0. The zero-order valence-corrected chi connectivity index (χ0v) is 11.1. The molecule has 2 aromatic rings. The summed E-state index contributed by atoms with van der Waals surface area (Å²) in [6.07, 6.45) is 0. The minimum atomic E-state index is -0.906. The van der Waals surface area contributed by atoms with Crippen molar-refractivity contribution >= 4 is 23.2 Å². The van der Waals surface area contributed by atoms with Crippen LogP contribution in [0.3, 0.4) is 0 Å². The van der Waals surface area contributed by atoms with E-state index in [2.05, 4.69) is 0 Å². The fraction of sp³-hybridized carbons (Fsp3) is 0.143. The average Bonchev–Trinajstić information content (AvgIpc) is 2.30. The third-order valence-electron chi connectivity index (χ3n) is 2.59. The first-order chi connectivity index (χ1) is 8.47. The molecule has 18 heavy (non-hydrogen) atoms. The smallest absolute Gasteiger partial charge is 0.159 e. The molecule has 0 fully saturated rings. The van der Waals surface area contributed by atoms with Crippen LogP contribution in [-0.4, -0.2) is 0 Å². The number of halogens is 4. The molecule has 0 amide bonds. The first kappa shape index (κ1) is 13.3. The minimum Gasteiger partial charge on any atom is -0.204 e. The molecule has 0 aromatic heterocycles. The van der Waals surface area contributed by atoms with Gasteiger partial charge in [-0.25, -0.2) is 8.78 Å². The fourth-order valence-corrected chi connectivity index (χ4v) is 2.33. The van der Waals surface area contributed by atoms with Crippen molar-refractivity contribution < 1.29 is 8.78 Å². The summed E-state index contributed by atoms with van der Waals surface area (Å²) < 4.78 is 26.0. The summed E-state index contributed by atoms with van der Waals surface area (Å²) in [5.74, 6) is -1.79. The van der Waals surface area contributed by atoms with Crippen LogP contribution in [0.15, 0.2) is 36.4 Å². The first-order valence-corrected chi connectivity index (χ1v) is 6.15. The van der Waals surface area contributed by atoms with Crippen molar-refractivity contribution in [3.05, 3.63) is 69.7 Å². The van der Waals surface area contributed by atoms with Gasteiger partial charge in [0.2, 0.25) is 0 Å². The van der Waals surface area contributed by atoms with Crippen molar-refractivity contribution in [3.8, 4) is 0 Å². The van der Waals surface area contributed by atoms with E-state index < -0.39 is 17.0 Å². The highest BCUT2D eigenvalue weighted by molar-refractivity contribution is 6.31. The minimum absolute atomic E-state index is 0.497. The summed E-state index contributed by atoms with van der Waals surface area (Å²) in [5, 5.41) is 0.00994. The van der Waals surface area contributed by atoms with Crippen LogP contribution in [0.1, 0.15) is 22.1 Å². The van der Waals surface area contributed by atoms with Gasteiger partial charge >= 0.3 is 0 Å². The third-order valence-corrected chi connectivity index (χ3v) is 3.32. The van der Waals surface area contributed by atoms with Crippen LogP contribution in [0.25, 0.3) is 0 Å². The van der Waals surface area contributed by atoms with E-state index in [1.807, 2.05) is 13.0 Å². The molecule has 0 N–H and O–H groups in total. The molecule has 2 rings (SSSR count). The van der Waals surface area contributed by atoms with Crippen LogP contribution in [0.5, 0.6) is 0 Å². The molecule has 0 aliphatic heterocycles. The van der Waals surface area contributed by atoms with Crippen molar-refractivity contribution in [2.45, 2.75) is 12.3 Å². The zero-order valence-electron chi connectivity index (χ0n) is 9.55. The Kier molecular flexibility index (Phi) is 3.88. The molecule has 0 aliphatic rings. The second-order valence-corrected chi connectivity index (χ2v) is 4.97. The molecule has 4 heteroatoms. The second-order valence-electron chi connectivity index (χ2n) is 4.10. The SMILES string of the molecule is Cc1cc(Cl)cc(C(Cl)c2ccc(F)c(F)c2)c1. The number of hydrogen-bond donors (Lipinski definition) is 0. The second kappa shape index (κ2) is 5.25. The average molecular weight is 287 g/mol. The molecule has 0 bridgehead atoms. The monoisotopic (exact) mass is 286 g/mol. The third kappa shape index (κ3) is 2.82. The van der Waals surface area contributed by atoms with E-state index in [0.717, 1.165) is 23.3 Å². The normalized spacial score (nSPS) is 12.5. The lowest BCUT2D eigenvalue weighted by atomic mass is 10.0. The molecular weight excluding hydrogens is 277 g/mol. The maximum Gasteiger partial charge on any atom is 0.159 e. The summed E-state index contributed by atoms with van der Waals surface area (Å²) in [6, 6.07) is 9.02. The van der Waals surface area contributed by atoms with Gasteiger partial charge in [-0.1, -0.05) is 23.7 Å². The van der Waals surface area contributed by atoms with Crippen molar-refractivity contribution in [2.75, 3.05) is 0 Å².